The largest absolute Gasteiger partial charge is 0.416 e. The number of alkyl halides is 3. The van der Waals surface area contributed by atoms with E-state index in [1.807, 2.05) is 13.0 Å². The zero-order valence-corrected chi connectivity index (χ0v) is 14.5. The van der Waals surface area contributed by atoms with E-state index >= 15 is 0 Å². The van der Waals surface area contributed by atoms with Gasteiger partial charge >= 0.3 is 6.18 Å². The first-order chi connectivity index (χ1) is 11.2. The van der Waals surface area contributed by atoms with E-state index in [4.69, 9.17) is 23.2 Å². The molecule has 0 aliphatic heterocycles. The second-order valence-electron chi connectivity index (χ2n) is 4.53. The Morgan fingerprint density at radius 3 is 2.33 bits per heavy atom. The average molecular weight is 396 g/mol. The topological polar surface area (TPSA) is 61.8 Å². The molecule has 0 unspecified atom stereocenters. The number of aliphatic hydroxyl groups is 1. The van der Waals surface area contributed by atoms with Crippen LogP contribution < -0.4 is 0 Å². The van der Waals surface area contributed by atoms with Crippen molar-refractivity contribution in [3.63, 3.8) is 0 Å². The van der Waals surface area contributed by atoms with Crippen LogP contribution in [0.5, 0.6) is 0 Å². The predicted molar refractivity (Wildman–Crippen MR) is 85.6 cm³/mol. The molecular weight excluding hydrogens is 386 g/mol. The van der Waals surface area contributed by atoms with Gasteiger partial charge in [0.25, 0.3) is 0 Å². The average Bonchev–Trinajstić information content (AvgIpc) is 2.83. The summed E-state index contributed by atoms with van der Waals surface area (Å²) in [5, 5.41) is 22.2. The molecule has 1 N–H and O–H groups in total. The monoisotopic (exact) mass is 395 g/mol. The summed E-state index contributed by atoms with van der Waals surface area (Å²) >= 11 is 13.2. The SMILES string of the molecule is CCSc1c(C#N)nn(-c2c(Cl)cc(C(F)(F)F)cc2Cl)c1CO. The number of aliphatic hydroxyl groups excluding tert-OH is 1. The van der Waals surface area contributed by atoms with Gasteiger partial charge in [-0.15, -0.1) is 11.8 Å². The lowest BCUT2D eigenvalue weighted by molar-refractivity contribution is -0.137. The molecule has 0 radical (unpaired) electrons. The van der Waals surface area contributed by atoms with Crippen LogP contribution in [0.2, 0.25) is 10.0 Å². The fraction of sp³-hybridized carbons (Fsp3) is 0.286. The van der Waals surface area contributed by atoms with E-state index in [1.54, 1.807) is 0 Å². The van der Waals surface area contributed by atoms with E-state index in [0.717, 1.165) is 16.8 Å². The van der Waals surface area contributed by atoms with Crippen molar-refractivity contribution in [3.05, 3.63) is 39.1 Å². The van der Waals surface area contributed by atoms with Gasteiger partial charge in [-0.1, -0.05) is 30.1 Å². The number of hydrogen-bond donors (Lipinski definition) is 1. The van der Waals surface area contributed by atoms with E-state index in [1.165, 1.54) is 11.8 Å². The van der Waals surface area contributed by atoms with Gasteiger partial charge in [0, 0.05) is 0 Å². The van der Waals surface area contributed by atoms with Gasteiger partial charge in [0.15, 0.2) is 5.69 Å². The van der Waals surface area contributed by atoms with Crippen molar-refractivity contribution >= 4 is 35.0 Å². The van der Waals surface area contributed by atoms with Crippen molar-refractivity contribution in [3.8, 4) is 11.8 Å². The smallest absolute Gasteiger partial charge is 0.390 e. The zero-order chi connectivity index (χ0) is 18.1. The highest BCUT2D eigenvalue weighted by Crippen LogP contribution is 2.39. The number of nitriles is 1. The van der Waals surface area contributed by atoms with Crippen molar-refractivity contribution in [2.45, 2.75) is 24.6 Å². The van der Waals surface area contributed by atoms with Crippen LogP contribution in [0.4, 0.5) is 13.2 Å². The molecule has 0 aliphatic carbocycles. The quantitative estimate of drug-likeness (QED) is 0.763. The zero-order valence-electron chi connectivity index (χ0n) is 12.2. The summed E-state index contributed by atoms with van der Waals surface area (Å²) < 4.78 is 39.6. The first kappa shape index (κ1) is 18.9. The lowest BCUT2D eigenvalue weighted by Gasteiger charge is -2.14. The predicted octanol–water partition coefficient (Wildman–Crippen LogP) is 4.67. The maximum atomic E-state index is 12.8. The van der Waals surface area contributed by atoms with Crippen LogP contribution in [-0.4, -0.2) is 20.6 Å². The lowest BCUT2D eigenvalue weighted by Crippen LogP contribution is -2.09. The highest BCUT2D eigenvalue weighted by molar-refractivity contribution is 7.99. The van der Waals surface area contributed by atoms with Gasteiger partial charge in [-0.05, 0) is 17.9 Å². The lowest BCUT2D eigenvalue weighted by atomic mass is 10.2. The number of hydrogen-bond acceptors (Lipinski definition) is 4. The van der Waals surface area contributed by atoms with E-state index in [0.29, 0.717) is 10.6 Å². The molecule has 128 valence electrons. The molecule has 2 rings (SSSR count). The Morgan fingerprint density at radius 1 is 1.33 bits per heavy atom. The fourth-order valence-electron chi connectivity index (χ4n) is 2.06. The van der Waals surface area contributed by atoms with Crippen LogP contribution >= 0.6 is 35.0 Å². The highest BCUT2D eigenvalue weighted by Gasteiger charge is 2.33. The Balaban J connectivity index is 2.71. The number of thioether (sulfide) groups is 1. The Morgan fingerprint density at radius 2 is 1.92 bits per heavy atom. The van der Waals surface area contributed by atoms with Crippen LogP contribution in [0.1, 0.15) is 23.9 Å². The number of aromatic nitrogens is 2. The minimum atomic E-state index is -4.60. The first-order valence-corrected chi connectivity index (χ1v) is 8.31. The molecule has 1 aromatic carbocycles. The summed E-state index contributed by atoms with van der Waals surface area (Å²) in [5.41, 5.74) is -0.739. The molecule has 0 aliphatic rings. The van der Waals surface area contributed by atoms with Crippen molar-refractivity contribution in [2.24, 2.45) is 0 Å². The molecule has 1 heterocycles. The minimum Gasteiger partial charge on any atom is -0.390 e. The minimum absolute atomic E-state index is 0.0187. The first-order valence-electron chi connectivity index (χ1n) is 6.56. The molecule has 0 saturated heterocycles. The Kier molecular flexibility index (Phi) is 5.71. The maximum absolute atomic E-state index is 12.8. The number of rotatable bonds is 4. The summed E-state index contributed by atoms with van der Waals surface area (Å²) in [7, 11) is 0. The number of nitrogens with zero attached hydrogens (tertiary/aromatic N) is 3. The second kappa shape index (κ2) is 7.23. The molecule has 0 fully saturated rings. The molecule has 0 amide bonds. The Labute approximate surface area is 149 Å². The molecule has 10 heteroatoms. The molecule has 24 heavy (non-hydrogen) atoms. The van der Waals surface area contributed by atoms with Gasteiger partial charge in [0.05, 0.1) is 32.8 Å². The van der Waals surface area contributed by atoms with Crippen LogP contribution in [0, 0.1) is 11.3 Å². The summed E-state index contributed by atoms with van der Waals surface area (Å²) in [6.07, 6.45) is -4.60. The van der Waals surface area contributed by atoms with E-state index < -0.39 is 18.3 Å². The maximum Gasteiger partial charge on any atom is 0.416 e. The van der Waals surface area contributed by atoms with Crippen LogP contribution in [0.3, 0.4) is 0 Å². The van der Waals surface area contributed by atoms with Gasteiger partial charge in [-0.3, -0.25) is 0 Å². The van der Waals surface area contributed by atoms with E-state index in [2.05, 4.69) is 5.10 Å². The van der Waals surface area contributed by atoms with E-state index in [9.17, 15) is 23.5 Å². The molecule has 2 aromatic rings. The van der Waals surface area contributed by atoms with Crippen molar-refractivity contribution in [2.75, 3.05) is 5.75 Å². The summed E-state index contributed by atoms with van der Waals surface area (Å²) in [6, 6.07) is 3.34. The Bertz CT molecular complexity index is 792. The molecule has 1 aromatic heterocycles. The van der Waals surface area contributed by atoms with Gasteiger partial charge in [-0.25, -0.2) is 4.68 Å². The standard InChI is InChI=1S/C14H10Cl2F3N3OS/c1-2-24-13-10(5-20)21-22(11(13)6-23)12-8(15)3-7(4-9(12)16)14(17,18)19/h3-4,23H,2,6H2,1H3. The van der Waals surface area contributed by atoms with Crippen LogP contribution in [0.15, 0.2) is 17.0 Å². The third kappa shape index (κ3) is 3.49. The molecule has 0 spiro atoms. The van der Waals surface area contributed by atoms with Gasteiger partial charge in [0.2, 0.25) is 0 Å². The van der Waals surface area contributed by atoms with Crippen LogP contribution in [0.25, 0.3) is 5.69 Å². The van der Waals surface area contributed by atoms with Gasteiger partial charge < -0.3 is 5.11 Å². The Hall–Kier alpha value is -1.40. The summed E-state index contributed by atoms with van der Waals surface area (Å²) in [6.45, 7) is 1.37. The van der Waals surface area contributed by atoms with Gasteiger partial charge in [-0.2, -0.15) is 23.5 Å². The third-order valence-corrected chi connectivity index (χ3v) is 4.62. The van der Waals surface area contributed by atoms with E-state index in [-0.39, 0.29) is 27.1 Å². The molecule has 0 atom stereocenters. The summed E-state index contributed by atoms with van der Waals surface area (Å²) in [5.74, 6) is 0.613. The normalized spacial score (nSPS) is 11.6. The van der Waals surface area contributed by atoms with Crippen molar-refractivity contribution in [1.82, 2.24) is 9.78 Å². The molecule has 0 saturated carbocycles. The van der Waals surface area contributed by atoms with Crippen LogP contribution in [-0.2, 0) is 12.8 Å². The van der Waals surface area contributed by atoms with Crippen molar-refractivity contribution in [1.29, 1.82) is 5.26 Å². The molecule has 0 bridgehead atoms. The third-order valence-electron chi connectivity index (χ3n) is 3.03. The second-order valence-corrected chi connectivity index (χ2v) is 6.61. The van der Waals surface area contributed by atoms with Crippen molar-refractivity contribution < 1.29 is 18.3 Å². The highest BCUT2D eigenvalue weighted by atomic mass is 35.5. The number of benzene rings is 1. The number of halogens is 5. The van der Waals surface area contributed by atoms with Gasteiger partial charge in [0.1, 0.15) is 11.8 Å². The summed E-state index contributed by atoms with van der Waals surface area (Å²) in [4.78, 5) is 0.439. The fourth-order valence-corrected chi connectivity index (χ4v) is 3.54. The molecule has 4 nitrogen and oxygen atoms in total. The molecular formula is C14H10Cl2F3N3OS.